The Hall–Kier alpha value is -3.13. The highest BCUT2D eigenvalue weighted by Crippen LogP contribution is 2.13. The minimum absolute atomic E-state index is 0.321. The maximum absolute atomic E-state index is 12.1. The highest BCUT2D eigenvalue weighted by atomic mass is 16.5. The fraction of sp³-hybridized carbons (Fsp3) is 0.211. The van der Waals surface area contributed by atoms with Gasteiger partial charge in [-0.25, -0.2) is 4.79 Å². The fourth-order valence-electron chi connectivity index (χ4n) is 2.16. The molecule has 0 heterocycles. The SMILES string of the molecule is Cc1ccc(C)c(C(=O)OCC(=O)Nc2ccc(CC#N)cc2)c1. The lowest BCUT2D eigenvalue weighted by molar-refractivity contribution is -0.119. The average Bonchev–Trinajstić information content (AvgIpc) is 2.57. The number of hydrogen-bond donors (Lipinski definition) is 1. The molecule has 0 bridgehead atoms. The van der Waals surface area contributed by atoms with Gasteiger partial charge in [0.2, 0.25) is 0 Å². The molecule has 0 fully saturated rings. The van der Waals surface area contributed by atoms with Crippen molar-refractivity contribution in [2.45, 2.75) is 20.3 Å². The number of nitrogens with zero attached hydrogens (tertiary/aromatic N) is 1. The van der Waals surface area contributed by atoms with E-state index in [0.29, 0.717) is 17.7 Å². The first kappa shape index (κ1) is 17.2. The van der Waals surface area contributed by atoms with Crippen molar-refractivity contribution in [3.8, 4) is 6.07 Å². The highest BCUT2D eigenvalue weighted by Gasteiger charge is 2.13. The number of amides is 1. The maximum atomic E-state index is 12.1. The van der Waals surface area contributed by atoms with Crippen LogP contribution in [0.5, 0.6) is 0 Å². The molecule has 0 saturated carbocycles. The van der Waals surface area contributed by atoms with Crippen molar-refractivity contribution in [3.63, 3.8) is 0 Å². The zero-order valence-corrected chi connectivity index (χ0v) is 13.6. The summed E-state index contributed by atoms with van der Waals surface area (Å²) < 4.78 is 5.07. The van der Waals surface area contributed by atoms with Crippen LogP contribution in [-0.2, 0) is 16.0 Å². The number of carbonyl (C=O) groups excluding carboxylic acids is 2. The predicted molar refractivity (Wildman–Crippen MR) is 90.6 cm³/mol. The van der Waals surface area contributed by atoms with Gasteiger partial charge in [0.25, 0.3) is 5.91 Å². The topological polar surface area (TPSA) is 79.2 Å². The molecule has 122 valence electrons. The lowest BCUT2D eigenvalue weighted by Crippen LogP contribution is -2.21. The van der Waals surface area contributed by atoms with Gasteiger partial charge < -0.3 is 10.1 Å². The third-order valence-electron chi connectivity index (χ3n) is 3.47. The van der Waals surface area contributed by atoms with Crippen molar-refractivity contribution in [1.82, 2.24) is 0 Å². The molecule has 0 atom stereocenters. The van der Waals surface area contributed by atoms with E-state index in [4.69, 9.17) is 10.00 Å². The summed E-state index contributed by atoms with van der Waals surface area (Å²) in [7, 11) is 0. The molecule has 0 aliphatic carbocycles. The van der Waals surface area contributed by atoms with E-state index in [1.54, 1.807) is 30.3 Å². The lowest BCUT2D eigenvalue weighted by Gasteiger charge is -2.09. The summed E-state index contributed by atoms with van der Waals surface area (Å²) in [5, 5.41) is 11.3. The van der Waals surface area contributed by atoms with Crippen molar-refractivity contribution in [3.05, 3.63) is 64.7 Å². The molecule has 5 nitrogen and oxygen atoms in total. The van der Waals surface area contributed by atoms with Gasteiger partial charge in [-0.15, -0.1) is 0 Å². The summed E-state index contributed by atoms with van der Waals surface area (Å²) in [4.78, 5) is 23.9. The quantitative estimate of drug-likeness (QED) is 0.858. The predicted octanol–water partition coefficient (Wildman–Crippen LogP) is 3.17. The highest BCUT2D eigenvalue weighted by molar-refractivity contribution is 5.96. The molecule has 5 heteroatoms. The Balaban J connectivity index is 1.89. The van der Waals surface area contributed by atoms with E-state index in [1.165, 1.54) is 0 Å². The first-order valence-electron chi connectivity index (χ1n) is 7.49. The minimum Gasteiger partial charge on any atom is -0.452 e. The Morgan fingerprint density at radius 2 is 1.83 bits per heavy atom. The largest absolute Gasteiger partial charge is 0.452 e. The van der Waals surface area contributed by atoms with Crippen LogP contribution < -0.4 is 5.32 Å². The molecule has 1 amide bonds. The van der Waals surface area contributed by atoms with Crippen LogP contribution in [0, 0.1) is 25.2 Å². The van der Waals surface area contributed by atoms with E-state index in [9.17, 15) is 9.59 Å². The summed E-state index contributed by atoms with van der Waals surface area (Å²) in [5.74, 6) is -0.933. The number of benzene rings is 2. The molecule has 2 aromatic rings. The van der Waals surface area contributed by atoms with Gasteiger partial charge in [-0.3, -0.25) is 4.79 Å². The summed E-state index contributed by atoms with van der Waals surface area (Å²) in [5.41, 5.74) is 3.68. The summed E-state index contributed by atoms with van der Waals surface area (Å²) in [6.45, 7) is 3.35. The zero-order chi connectivity index (χ0) is 17.5. The third kappa shape index (κ3) is 4.68. The number of hydrogen-bond acceptors (Lipinski definition) is 4. The van der Waals surface area contributed by atoms with E-state index >= 15 is 0 Å². The second kappa shape index (κ2) is 7.93. The van der Waals surface area contributed by atoms with Gasteiger partial charge in [0, 0.05) is 5.69 Å². The second-order valence-electron chi connectivity index (χ2n) is 5.47. The molecule has 0 aliphatic rings. The van der Waals surface area contributed by atoms with E-state index in [0.717, 1.165) is 16.7 Å². The standard InChI is InChI=1S/C19H18N2O3/c1-13-3-4-14(2)17(11-13)19(23)24-12-18(22)21-16-7-5-15(6-8-16)9-10-20/h3-8,11H,9,12H2,1-2H3,(H,21,22). The van der Waals surface area contributed by atoms with Crippen LogP contribution in [-0.4, -0.2) is 18.5 Å². The minimum atomic E-state index is -0.518. The van der Waals surface area contributed by atoms with Crippen LogP contribution in [0.25, 0.3) is 0 Å². The molecule has 24 heavy (non-hydrogen) atoms. The number of carbonyl (C=O) groups is 2. The van der Waals surface area contributed by atoms with E-state index < -0.39 is 11.9 Å². The van der Waals surface area contributed by atoms with Crippen LogP contribution in [0.4, 0.5) is 5.69 Å². The van der Waals surface area contributed by atoms with Gasteiger partial charge in [-0.1, -0.05) is 29.8 Å². The molecule has 1 N–H and O–H groups in total. The first-order chi connectivity index (χ1) is 11.5. The van der Waals surface area contributed by atoms with Crippen molar-refractivity contribution in [2.75, 3.05) is 11.9 Å². The normalized spacial score (nSPS) is 9.88. The van der Waals surface area contributed by atoms with E-state index in [2.05, 4.69) is 11.4 Å². The number of aryl methyl sites for hydroxylation is 2. The Morgan fingerprint density at radius 3 is 2.50 bits per heavy atom. The molecular formula is C19H18N2O3. The van der Waals surface area contributed by atoms with Crippen molar-refractivity contribution in [1.29, 1.82) is 5.26 Å². The number of anilines is 1. The molecule has 0 spiro atoms. The molecule has 0 saturated heterocycles. The van der Waals surface area contributed by atoms with Crippen molar-refractivity contribution >= 4 is 17.6 Å². The molecular weight excluding hydrogens is 304 g/mol. The first-order valence-corrected chi connectivity index (χ1v) is 7.49. The van der Waals surface area contributed by atoms with E-state index in [1.807, 2.05) is 26.0 Å². The van der Waals surface area contributed by atoms with Crippen molar-refractivity contribution in [2.24, 2.45) is 0 Å². The third-order valence-corrected chi connectivity index (χ3v) is 3.47. The molecule has 0 radical (unpaired) electrons. The average molecular weight is 322 g/mol. The maximum Gasteiger partial charge on any atom is 0.338 e. The van der Waals surface area contributed by atoms with Gasteiger partial charge in [0.15, 0.2) is 6.61 Å². The summed E-state index contributed by atoms with van der Waals surface area (Å²) >= 11 is 0. The number of rotatable bonds is 5. The molecule has 0 aromatic heterocycles. The Bertz CT molecular complexity index is 789. The van der Waals surface area contributed by atoms with E-state index in [-0.39, 0.29) is 6.61 Å². The molecule has 0 unspecified atom stereocenters. The van der Waals surface area contributed by atoms with Gasteiger partial charge in [-0.2, -0.15) is 5.26 Å². The Labute approximate surface area is 140 Å². The van der Waals surface area contributed by atoms with Crippen LogP contribution in [0.1, 0.15) is 27.0 Å². The van der Waals surface area contributed by atoms with Crippen LogP contribution in [0.3, 0.4) is 0 Å². The van der Waals surface area contributed by atoms with Crippen LogP contribution in [0.2, 0.25) is 0 Å². The zero-order valence-electron chi connectivity index (χ0n) is 13.6. The number of nitriles is 1. The lowest BCUT2D eigenvalue weighted by atomic mass is 10.1. The van der Waals surface area contributed by atoms with Crippen molar-refractivity contribution < 1.29 is 14.3 Å². The Morgan fingerprint density at radius 1 is 1.12 bits per heavy atom. The number of nitrogens with one attached hydrogen (secondary N) is 1. The number of ether oxygens (including phenoxy) is 1. The van der Waals surface area contributed by atoms with Gasteiger partial charge in [-0.05, 0) is 43.2 Å². The molecule has 0 aliphatic heterocycles. The number of esters is 1. The Kier molecular flexibility index (Phi) is 5.69. The fourth-order valence-corrected chi connectivity index (χ4v) is 2.16. The summed E-state index contributed by atoms with van der Waals surface area (Å²) in [6, 6.07) is 14.5. The summed E-state index contributed by atoms with van der Waals surface area (Å²) in [6.07, 6.45) is 0.321. The smallest absolute Gasteiger partial charge is 0.338 e. The monoisotopic (exact) mass is 322 g/mol. The van der Waals surface area contributed by atoms with Gasteiger partial charge in [0.05, 0.1) is 18.1 Å². The second-order valence-corrected chi connectivity index (χ2v) is 5.47. The van der Waals surface area contributed by atoms with Crippen LogP contribution in [0.15, 0.2) is 42.5 Å². The molecule has 2 rings (SSSR count). The van der Waals surface area contributed by atoms with Gasteiger partial charge >= 0.3 is 5.97 Å². The van der Waals surface area contributed by atoms with Gasteiger partial charge in [0.1, 0.15) is 0 Å². The van der Waals surface area contributed by atoms with Crippen LogP contribution >= 0.6 is 0 Å². The molecule has 2 aromatic carbocycles.